The highest BCUT2D eigenvalue weighted by atomic mass is 16.5. The van der Waals surface area contributed by atoms with Crippen LogP contribution in [0.3, 0.4) is 0 Å². The maximum atomic E-state index is 5.69. The third-order valence-corrected chi connectivity index (χ3v) is 2.76. The topological polar surface area (TPSA) is 63.9 Å². The van der Waals surface area contributed by atoms with Crippen LogP contribution in [0.5, 0.6) is 0 Å². The number of aromatic amines is 1. The highest BCUT2D eigenvalue weighted by Crippen LogP contribution is 2.33. The number of nitrogens with one attached hydrogen (secondary N) is 1. The highest BCUT2D eigenvalue weighted by molar-refractivity contribution is 5.09. The molecule has 2 heterocycles. The second kappa shape index (κ2) is 3.71. The third kappa shape index (κ3) is 1.67. The lowest BCUT2D eigenvalue weighted by atomic mass is 10.0. The van der Waals surface area contributed by atoms with Crippen molar-refractivity contribution in [3.8, 4) is 0 Å². The molecule has 1 aliphatic heterocycles. The summed E-state index contributed by atoms with van der Waals surface area (Å²) in [4.78, 5) is 7.63. The van der Waals surface area contributed by atoms with Gasteiger partial charge in [0.2, 0.25) is 0 Å². The zero-order valence-electron chi connectivity index (χ0n) is 8.55. The van der Waals surface area contributed by atoms with E-state index in [4.69, 9.17) is 10.5 Å². The lowest BCUT2D eigenvalue weighted by Crippen LogP contribution is -2.21. The van der Waals surface area contributed by atoms with Crippen molar-refractivity contribution >= 4 is 0 Å². The van der Waals surface area contributed by atoms with Crippen LogP contribution in [-0.2, 0) is 16.8 Å². The summed E-state index contributed by atoms with van der Waals surface area (Å²) in [7, 11) is 0. The van der Waals surface area contributed by atoms with Crippen LogP contribution in [0.1, 0.15) is 31.3 Å². The van der Waals surface area contributed by atoms with E-state index in [2.05, 4.69) is 16.9 Å². The number of hydrogen-bond acceptors (Lipinski definition) is 3. The molecule has 78 valence electrons. The molecule has 4 nitrogen and oxygen atoms in total. The molecular weight excluding hydrogens is 178 g/mol. The Morgan fingerprint density at radius 2 is 2.57 bits per heavy atom. The van der Waals surface area contributed by atoms with Gasteiger partial charge in [0.05, 0.1) is 0 Å². The minimum atomic E-state index is -0.202. The van der Waals surface area contributed by atoms with Crippen molar-refractivity contribution < 1.29 is 4.74 Å². The Morgan fingerprint density at radius 1 is 1.71 bits per heavy atom. The smallest absolute Gasteiger partial charge is 0.138 e. The average Bonchev–Trinajstić information content (AvgIpc) is 2.75. The number of hydrogen-bond donors (Lipinski definition) is 2. The van der Waals surface area contributed by atoms with Crippen molar-refractivity contribution in [3.63, 3.8) is 0 Å². The van der Waals surface area contributed by atoms with E-state index in [1.54, 1.807) is 0 Å². The summed E-state index contributed by atoms with van der Waals surface area (Å²) in [6, 6.07) is 0. The van der Waals surface area contributed by atoms with Crippen LogP contribution in [0, 0.1) is 0 Å². The lowest BCUT2D eigenvalue weighted by Gasteiger charge is -2.19. The summed E-state index contributed by atoms with van der Waals surface area (Å²) in [5.74, 6) is 0.943. The Kier molecular flexibility index (Phi) is 2.56. The quantitative estimate of drug-likeness (QED) is 0.754. The van der Waals surface area contributed by atoms with Gasteiger partial charge in [-0.3, -0.25) is 0 Å². The number of H-pyrrole nitrogens is 1. The molecular formula is C10H17N3O. The first-order chi connectivity index (χ1) is 6.74. The fourth-order valence-electron chi connectivity index (χ4n) is 1.88. The minimum Gasteiger partial charge on any atom is -0.367 e. The number of nitrogens with two attached hydrogens (primary N) is 1. The standard InChI is InChI=1S/C10H17N3O/c1-10(4-2-6-14-10)9-12-7-8(13-9)3-5-11/h7H,2-6,11H2,1H3,(H,12,13). The van der Waals surface area contributed by atoms with E-state index in [1.807, 2.05) is 6.20 Å². The first-order valence-corrected chi connectivity index (χ1v) is 5.13. The van der Waals surface area contributed by atoms with Gasteiger partial charge >= 0.3 is 0 Å². The van der Waals surface area contributed by atoms with E-state index in [-0.39, 0.29) is 5.60 Å². The molecule has 0 bridgehead atoms. The van der Waals surface area contributed by atoms with E-state index >= 15 is 0 Å². The van der Waals surface area contributed by atoms with Crippen LogP contribution >= 0.6 is 0 Å². The van der Waals surface area contributed by atoms with Crippen molar-refractivity contribution in [2.45, 2.75) is 31.8 Å². The van der Waals surface area contributed by atoms with Crippen molar-refractivity contribution in [1.29, 1.82) is 0 Å². The largest absolute Gasteiger partial charge is 0.367 e. The molecule has 1 aliphatic rings. The number of rotatable bonds is 3. The van der Waals surface area contributed by atoms with E-state index in [0.29, 0.717) is 6.54 Å². The average molecular weight is 195 g/mol. The predicted octanol–water partition coefficient (Wildman–Crippen LogP) is 0.936. The van der Waals surface area contributed by atoms with Crippen molar-refractivity contribution in [3.05, 3.63) is 17.7 Å². The SMILES string of the molecule is CC1(c2ncc(CCN)[nH]2)CCCO1. The van der Waals surface area contributed by atoms with Crippen molar-refractivity contribution in [1.82, 2.24) is 9.97 Å². The summed E-state index contributed by atoms with van der Waals surface area (Å²) in [5.41, 5.74) is 6.37. The van der Waals surface area contributed by atoms with Gasteiger partial charge in [-0.05, 0) is 26.3 Å². The molecule has 14 heavy (non-hydrogen) atoms. The molecule has 0 aromatic carbocycles. The summed E-state index contributed by atoms with van der Waals surface area (Å²) in [6.45, 7) is 3.58. The number of ether oxygens (including phenoxy) is 1. The number of imidazole rings is 1. The molecule has 1 aromatic rings. The zero-order valence-corrected chi connectivity index (χ0v) is 8.55. The van der Waals surface area contributed by atoms with Crippen LogP contribution in [0.25, 0.3) is 0 Å². The highest BCUT2D eigenvalue weighted by Gasteiger charge is 2.34. The fourth-order valence-corrected chi connectivity index (χ4v) is 1.88. The maximum Gasteiger partial charge on any atom is 0.138 e. The Hall–Kier alpha value is -0.870. The first-order valence-electron chi connectivity index (χ1n) is 5.13. The van der Waals surface area contributed by atoms with E-state index in [1.165, 1.54) is 0 Å². The number of aromatic nitrogens is 2. The summed E-state index contributed by atoms with van der Waals surface area (Å²) < 4.78 is 5.69. The summed E-state index contributed by atoms with van der Waals surface area (Å²) in [5, 5.41) is 0. The van der Waals surface area contributed by atoms with Gasteiger partial charge in [0.25, 0.3) is 0 Å². The van der Waals surface area contributed by atoms with Crippen molar-refractivity contribution in [2.75, 3.05) is 13.2 Å². The minimum absolute atomic E-state index is 0.202. The fraction of sp³-hybridized carbons (Fsp3) is 0.700. The van der Waals surface area contributed by atoms with Crippen LogP contribution in [0.4, 0.5) is 0 Å². The van der Waals surface area contributed by atoms with Gasteiger partial charge in [-0.2, -0.15) is 0 Å². The molecule has 1 saturated heterocycles. The van der Waals surface area contributed by atoms with E-state index < -0.39 is 0 Å². The lowest BCUT2D eigenvalue weighted by molar-refractivity contribution is 0.00995. The normalized spacial score (nSPS) is 27.0. The van der Waals surface area contributed by atoms with Crippen LogP contribution in [0.15, 0.2) is 6.20 Å². The molecule has 1 fully saturated rings. The van der Waals surface area contributed by atoms with Gasteiger partial charge in [0, 0.05) is 24.9 Å². The van der Waals surface area contributed by atoms with Crippen molar-refractivity contribution in [2.24, 2.45) is 5.73 Å². The van der Waals surface area contributed by atoms with Gasteiger partial charge in [-0.15, -0.1) is 0 Å². The molecule has 0 spiro atoms. The van der Waals surface area contributed by atoms with Gasteiger partial charge in [0.1, 0.15) is 11.4 Å². The van der Waals surface area contributed by atoms with E-state index in [9.17, 15) is 0 Å². The van der Waals surface area contributed by atoms with Crippen LogP contribution < -0.4 is 5.73 Å². The summed E-state index contributed by atoms with van der Waals surface area (Å²) in [6.07, 6.45) is 4.87. The molecule has 1 aromatic heterocycles. The molecule has 0 amide bonds. The second-order valence-electron chi connectivity index (χ2n) is 3.98. The monoisotopic (exact) mass is 195 g/mol. The molecule has 1 unspecified atom stereocenters. The molecule has 2 rings (SSSR count). The zero-order chi connectivity index (χ0) is 10.0. The molecule has 1 atom stereocenters. The van der Waals surface area contributed by atoms with Gasteiger partial charge < -0.3 is 15.5 Å². The third-order valence-electron chi connectivity index (χ3n) is 2.76. The Labute approximate surface area is 83.9 Å². The first kappa shape index (κ1) is 9.68. The molecule has 3 N–H and O–H groups in total. The Bertz CT molecular complexity index is 302. The van der Waals surface area contributed by atoms with Gasteiger partial charge in [0.15, 0.2) is 0 Å². The number of nitrogens with zero attached hydrogens (tertiary/aromatic N) is 1. The molecule has 0 aliphatic carbocycles. The summed E-state index contributed by atoms with van der Waals surface area (Å²) >= 11 is 0. The van der Waals surface area contributed by atoms with Gasteiger partial charge in [-0.1, -0.05) is 0 Å². The molecule has 4 heteroatoms. The Morgan fingerprint density at radius 3 is 3.21 bits per heavy atom. The molecule has 0 radical (unpaired) electrons. The van der Waals surface area contributed by atoms with E-state index in [0.717, 1.165) is 37.4 Å². The predicted molar refractivity (Wildman–Crippen MR) is 53.9 cm³/mol. The maximum absolute atomic E-state index is 5.69. The Balaban J connectivity index is 2.15. The van der Waals surface area contributed by atoms with Crippen LogP contribution in [0.2, 0.25) is 0 Å². The van der Waals surface area contributed by atoms with Crippen LogP contribution in [-0.4, -0.2) is 23.1 Å². The van der Waals surface area contributed by atoms with Gasteiger partial charge in [-0.25, -0.2) is 4.98 Å². The molecule has 0 saturated carbocycles. The second-order valence-corrected chi connectivity index (χ2v) is 3.98.